The number of methoxy groups -OCH3 is 1. The summed E-state index contributed by atoms with van der Waals surface area (Å²) in [6, 6.07) is 16.5. The van der Waals surface area contributed by atoms with Crippen molar-refractivity contribution in [2.24, 2.45) is 0 Å². The Morgan fingerprint density at radius 2 is 1.93 bits per heavy atom. The third-order valence-electron chi connectivity index (χ3n) is 3.53. The summed E-state index contributed by atoms with van der Waals surface area (Å²) >= 11 is 1.20. The van der Waals surface area contributed by atoms with E-state index in [1.54, 1.807) is 13.2 Å². The van der Waals surface area contributed by atoms with E-state index in [1.807, 2.05) is 48.5 Å². The van der Waals surface area contributed by atoms with Crippen LogP contribution in [-0.4, -0.2) is 33.6 Å². The predicted molar refractivity (Wildman–Crippen MR) is 103 cm³/mol. The van der Waals surface area contributed by atoms with Gasteiger partial charge in [0.05, 0.1) is 12.9 Å². The number of amides is 1. The molecule has 0 atom stereocenters. The molecule has 140 valence electrons. The summed E-state index contributed by atoms with van der Waals surface area (Å²) < 4.78 is 12.1. The Labute approximate surface area is 160 Å². The number of benzene rings is 2. The van der Waals surface area contributed by atoms with E-state index in [4.69, 9.17) is 15.3 Å². The van der Waals surface area contributed by atoms with Crippen LogP contribution in [0.1, 0.15) is 5.82 Å². The van der Waals surface area contributed by atoms with Crippen LogP contribution in [0.15, 0.2) is 59.8 Å². The number of para-hydroxylation sites is 1. The molecule has 1 amide bonds. The van der Waals surface area contributed by atoms with Crippen LogP contribution in [-0.2, 0) is 11.4 Å². The van der Waals surface area contributed by atoms with Gasteiger partial charge in [-0.2, -0.15) is 0 Å². The number of rotatable bonds is 8. The average molecular weight is 385 g/mol. The van der Waals surface area contributed by atoms with Crippen LogP contribution in [0.25, 0.3) is 0 Å². The van der Waals surface area contributed by atoms with Crippen LogP contribution in [0.4, 0.5) is 5.69 Å². The second kappa shape index (κ2) is 8.95. The van der Waals surface area contributed by atoms with Gasteiger partial charge in [-0.05, 0) is 24.3 Å². The maximum absolute atomic E-state index is 12.0. The van der Waals surface area contributed by atoms with Crippen molar-refractivity contribution >= 4 is 23.4 Å². The molecule has 0 saturated carbocycles. The predicted octanol–water partition coefficient (Wildman–Crippen LogP) is 2.31. The lowest BCUT2D eigenvalue weighted by Crippen LogP contribution is -2.18. The van der Waals surface area contributed by atoms with E-state index < -0.39 is 0 Å². The number of nitrogens with one attached hydrogen (secondary N) is 1. The molecule has 0 aliphatic rings. The number of nitrogens with two attached hydrogens (primary N) is 1. The topological polar surface area (TPSA) is 104 Å². The van der Waals surface area contributed by atoms with E-state index >= 15 is 0 Å². The number of ether oxygens (including phenoxy) is 2. The van der Waals surface area contributed by atoms with Crippen LogP contribution in [0.2, 0.25) is 0 Å². The molecule has 0 saturated heterocycles. The fourth-order valence-corrected chi connectivity index (χ4v) is 2.87. The lowest BCUT2D eigenvalue weighted by molar-refractivity contribution is -0.113. The van der Waals surface area contributed by atoms with Crippen molar-refractivity contribution in [3.8, 4) is 11.5 Å². The van der Waals surface area contributed by atoms with Crippen LogP contribution < -0.4 is 20.6 Å². The molecule has 0 spiro atoms. The Balaban J connectivity index is 1.53. The first-order valence-electron chi connectivity index (χ1n) is 8.09. The molecule has 3 N–H and O–H groups in total. The summed E-state index contributed by atoms with van der Waals surface area (Å²) in [5, 5.41) is 11.3. The van der Waals surface area contributed by atoms with Gasteiger partial charge in [0.25, 0.3) is 0 Å². The lowest BCUT2D eigenvalue weighted by Gasteiger charge is -2.08. The molecule has 0 aliphatic heterocycles. The monoisotopic (exact) mass is 385 g/mol. The van der Waals surface area contributed by atoms with Gasteiger partial charge >= 0.3 is 0 Å². The van der Waals surface area contributed by atoms with E-state index in [-0.39, 0.29) is 18.3 Å². The molecule has 2 aromatic carbocycles. The molecule has 0 unspecified atom stereocenters. The van der Waals surface area contributed by atoms with Gasteiger partial charge in [0.2, 0.25) is 11.1 Å². The standard InChI is InChI=1S/C18H19N5O3S/c1-25-14-8-5-9-15(10-14)26-11-16-21-22-18(23(16)19)27-12-17(24)20-13-6-3-2-4-7-13/h2-10H,11-12,19H2,1H3,(H,20,24). The highest BCUT2D eigenvalue weighted by molar-refractivity contribution is 7.99. The van der Waals surface area contributed by atoms with Gasteiger partial charge in [-0.1, -0.05) is 36.0 Å². The van der Waals surface area contributed by atoms with E-state index in [9.17, 15) is 4.79 Å². The smallest absolute Gasteiger partial charge is 0.234 e. The fourth-order valence-electron chi connectivity index (χ4n) is 2.19. The van der Waals surface area contributed by atoms with Crippen LogP contribution in [0, 0.1) is 0 Å². The highest BCUT2D eigenvalue weighted by Gasteiger charge is 2.13. The second-order valence-corrected chi connectivity index (χ2v) is 6.38. The summed E-state index contributed by atoms with van der Waals surface area (Å²) in [5.41, 5.74) is 0.740. The summed E-state index contributed by atoms with van der Waals surface area (Å²) in [7, 11) is 1.59. The molecular weight excluding hydrogens is 366 g/mol. The quantitative estimate of drug-likeness (QED) is 0.453. The number of hydrogen-bond acceptors (Lipinski definition) is 7. The van der Waals surface area contributed by atoms with Gasteiger partial charge < -0.3 is 20.6 Å². The molecule has 3 rings (SSSR count). The van der Waals surface area contributed by atoms with Crippen LogP contribution >= 0.6 is 11.8 Å². The zero-order valence-electron chi connectivity index (χ0n) is 14.7. The van der Waals surface area contributed by atoms with Gasteiger partial charge in [-0.25, -0.2) is 4.68 Å². The van der Waals surface area contributed by atoms with Gasteiger partial charge in [0, 0.05) is 11.8 Å². The van der Waals surface area contributed by atoms with Crippen LogP contribution in [0.3, 0.4) is 0 Å². The number of nitrogen functional groups attached to an aromatic ring is 1. The molecule has 1 aromatic heterocycles. The molecule has 0 radical (unpaired) electrons. The maximum atomic E-state index is 12.0. The Hall–Kier alpha value is -3.20. The third-order valence-corrected chi connectivity index (χ3v) is 4.48. The number of hydrogen-bond donors (Lipinski definition) is 2. The largest absolute Gasteiger partial charge is 0.497 e. The molecule has 3 aromatic rings. The van der Waals surface area contributed by atoms with Gasteiger partial charge in [-0.3, -0.25) is 4.79 Å². The van der Waals surface area contributed by atoms with Crippen molar-refractivity contribution in [3.63, 3.8) is 0 Å². The Bertz CT molecular complexity index is 901. The van der Waals surface area contributed by atoms with Gasteiger partial charge in [-0.15, -0.1) is 10.2 Å². The Morgan fingerprint density at radius 1 is 1.15 bits per heavy atom. The summed E-state index contributed by atoms with van der Waals surface area (Å²) in [5.74, 6) is 7.79. The van der Waals surface area contributed by atoms with E-state index in [0.29, 0.717) is 22.5 Å². The Kier molecular flexibility index (Phi) is 6.16. The van der Waals surface area contributed by atoms with Gasteiger partial charge in [0.1, 0.15) is 18.1 Å². The van der Waals surface area contributed by atoms with Crippen molar-refractivity contribution < 1.29 is 14.3 Å². The Morgan fingerprint density at radius 3 is 2.70 bits per heavy atom. The molecule has 8 nitrogen and oxygen atoms in total. The molecule has 1 heterocycles. The summed E-state index contributed by atoms with van der Waals surface area (Å²) in [6.07, 6.45) is 0. The van der Waals surface area contributed by atoms with E-state index in [2.05, 4.69) is 15.5 Å². The average Bonchev–Trinajstić information content (AvgIpc) is 3.05. The first-order chi connectivity index (χ1) is 13.2. The molecule has 0 fully saturated rings. The van der Waals surface area contributed by atoms with Crippen LogP contribution in [0.5, 0.6) is 11.5 Å². The van der Waals surface area contributed by atoms with Gasteiger partial charge in [0.15, 0.2) is 5.82 Å². The maximum Gasteiger partial charge on any atom is 0.234 e. The number of nitrogens with zero attached hydrogens (tertiary/aromatic N) is 3. The number of carbonyl (C=O) groups is 1. The third kappa shape index (κ3) is 5.14. The minimum absolute atomic E-state index is 0.146. The number of aromatic nitrogens is 3. The molecule has 0 aliphatic carbocycles. The normalized spacial score (nSPS) is 10.4. The first-order valence-corrected chi connectivity index (χ1v) is 9.08. The van der Waals surface area contributed by atoms with E-state index in [1.165, 1.54) is 16.4 Å². The zero-order chi connectivity index (χ0) is 19.1. The van der Waals surface area contributed by atoms with Crippen molar-refractivity contribution in [1.29, 1.82) is 0 Å². The van der Waals surface area contributed by atoms with E-state index in [0.717, 1.165) is 5.69 Å². The molecule has 0 bridgehead atoms. The number of thioether (sulfide) groups is 1. The molecular formula is C18H19N5O3S. The van der Waals surface area contributed by atoms with Crippen molar-refractivity contribution in [3.05, 3.63) is 60.4 Å². The second-order valence-electron chi connectivity index (χ2n) is 5.44. The number of carbonyl (C=O) groups excluding carboxylic acids is 1. The minimum Gasteiger partial charge on any atom is -0.497 e. The molecule has 27 heavy (non-hydrogen) atoms. The summed E-state index contributed by atoms with van der Waals surface area (Å²) in [4.78, 5) is 12.0. The first kappa shape index (κ1) is 18.6. The lowest BCUT2D eigenvalue weighted by atomic mass is 10.3. The minimum atomic E-state index is -0.150. The SMILES string of the molecule is COc1cccc(OCc2nnc(SCC(=O)Nc3ccccc3)n2N)c1. The molecule has 9 heteroatoms. The van der Waals surface area contributed by atoms with Crippen molar-refractivity contribution in [2.75, 3.05) is 24.0 Å². The van der Waals surface area contributed by atoms with Crippen molar-refractivity contribution in [1.82, 2.24) is 14.9 Å². The van der Waals surface area contributed by atoms with Crippen molar-refractivity contribution in [2.45, 2.75) is 11.8 Å². The fraction of sp³-hybridized carbons (Fsp3) is 0.167. The highest BCUT2D eigenvalue weighted by atomic mass is 32.2. The summed E-state index contributed by atoms with van der Waals surface area (Å²) in [6.45, 7) is 0.146. The zero-order valence-corrected chi connectivity index (χ0v) is 15.5. The number of anilines is 1. The highest BCUT2D eigenvalue weighted by Crippen LogP contribution is 2.20.